The number of hydrogen-bond acceptors (Lipinski definition) is 3. The number of hydrogen-bond donors (Lipinski definition) is 2. The number of piperidine rings is 1. The molecule has 80 valence electrons. The van der Waals surface area contributed by atoms with Crippen LogP contribution >= 0.6 is 0 Å². The average molecular weight is 198 g/mol. The molecule has 0 bridgehead atoms. The number of rotatable bonds is 5. The molecule has 0 atom stereocenters. The van der Waals surface area contributed by atoms with Gasteiger partial charge in [-0.3, -0.25) is 4.79 Å². The van der Waals surface area contributed by atoms with Crippen LogP contribution in [0.3, 0.4) is 0 Å². The van der Waals surface area contributed by atoms with E-state index in [0.29, 0.717) is 6.54 Å². The van der Waals surface area contributed by atoms with Crippen LogP contribution in [0.15, 0.2) is 12.7 Å². The fourth-order valence-corrected chi connectivity index (χ4v) is 1.39. The monoisotopic (exact) mass is 198 g/mol. The molecule has 4 nitrogen and oxygen atoms in total. The van der Waals surface area contributed by atoms with Crippen molar-refractivity contribution in [3.05, 3.63) is 12.7 Å². The number of carbonyl (C=O) groups is 1. The first kappa shape index (κ1) is 11.2. The molecule has 1 amide bonds. The summed E-state index contributed by atoms with van der Waals surface area (Å²) in [6.45, 7) is 6.16. The van der Waals surface area contributed by atoms with Crippen LogP contribution in [0.4, 0.5) is 0 Å². The van der Waals surface area contributed by atoms with Crippen molar-refractivity contribution >= 4 is 5.91 Å². The van der Waals surface area contributed by atoms with E-state index in [1.165, 1.54) is 0 Å². The zero-order valence-electron chi connectivity index (χ0n) is 8.42. The van der Waals surface area contributed by atoms with Crippen LogP contribution in [0.5, 0.6) is 0 Å². The van der Waals surface area contributed by atoms with Gasteiger partial charge in [0, 0.05) is 6.54 Å². The first-order valence-corrected chi connectivity index (χ1v) is 5.03. The highest BCUT2D eigenvalue weighted by atomic mass is 16.5. The van der Waals surface area contributed by atoms with E-state index in [-0.39, 0.29) is 18.6 Å². The van der Waals surface area contributed by atoms with Crippen molar-refractivity contribution in [3.63, 3.8) is 0 Å². The predicted molar refractivity (Wildman–Crippen MR) is 55.1 cm³/mol. The molecule has 1 aliphatic rings. The molecular weight excluding hydrogens is 180 g/mol. The van der Waals surface area contributed by atoms with Crippen molar-refractivity contribution in [1.29, 1.82) is 0 Å². The zero-order chi connectivity index (χ0) is 10.2. The minimum absolute atomic E-state index is 0.0663. The molecule has 0 radical (unpaired) electrons. The average Bonchev–Trinajstić information content (AvgIpc) is 2.25. The SMILES string of the molecule is C=CCNC(=O)COC1CCNCC1. The summed E-state index contributed by atoms with van der Waals surface area (Å²) in [5.74, 6) is -0.0663. The molecule has 1 rings (SSSR count). The maximum Gasteiger partial charge on any atom is 0.246 e. The molecule has 4 heteroatoms. The van der Waals surface area contributed by atoms with Crippen LogP contribution in [0, 0.1) is 0 Å². The summed E-state index contributed by atoms with van der Waals surface area (Å²) in [6.07, 6.45) is 3.89. The number of nitrogens with one attached hydrogen (secondary N) is 2. The van der Waals surface area contributed by atoms with Crippen LogP contribution < -0.4 is 10.6 Å². The van der Waals surface area contributed by atoms with Crippen molar-refractivity contribution < 1.29 is 9.53 Å². The highest BCUT2D eigenvalue weighted by molar-refractivity contribution is 5.77. The molecule has 0 unspecified atom stereocenters. The van der Waals surface area contributed by atoms with Gasteiger partial charge in [-0.2, -0.15) is 0 Å². The Morgan fingerprint density at radius 1 is 1.57 bits per heavy atom. The Morgan fingerprint density at radius 3 is 2.93 bits per heavy atom. The zero-order valence-corrected chi connectivity index (χ0v) is 8.42. The summed E-state index contributed by atoms with van der Waals surface area (Å²) in [7, 11) is 0. The molecule has 14 heavy (non-hydrogen) atoms. The lowest BCUT2D eigenvalue weighted by Crippen LogP contribution is -2.35. The Kier molecular flexibility index (Phi) is 5.25. The van der Waals surface area contributed by atoms with Crippen LogP contribution in [-0.2, 0) is 9.53 Å². The normalized spacial score (nSPS) is 17.7. The van der Waals surface area contributed by atoms with E-state index in [1.807, 2.05) is 0 Å². The van der Waals surface area contributed by atoms with Crippen LogP contribution in [0.25, 0.3) is 0 Å². The van der Waals surface area contributed by atoms with E-state index in [2.05, 4.69) is 17.2 Å². The van der Waals surface area contributed by atoms with E-state index in [9.17, 15) is 4.79 Å². The molecule has 0 aromatic heterocycles. The Bertz CT molecular complexity index is 189. The van der Waals surface area contributed by atoms with Gasteiger partial charge in [-0.25, -0.2) is 0 Å². The molecule has 0 spiro atoms. The third kappa shape index (κ3) is 4.39. The third-order valence-electron chi connectivity index (χ3n) is 2.18. The van der Waals surface area contributed by atoms with Gasteiger partial charge in [-0.1, -0.05) is 6.08 Å². The Hall–Kier alpha value is -0.870. The summed E-state index contributed by atoms with van der Waals surface area (Å²) in [4.78, 5) is 11.1. The fourth-order valence-electron chi connectivity index (χ4n) is 1.39. The maximum absolute atomic E-state index is 11.1. The van der Waals surface area contributed by atoms with Gasteiger partial charge in [0.05, 0.1) is 6.10 Å². The van der Waals surface area contributed by atoms with E-state index >= 15 is 0 Å². The third-order valence-corrected chi connectivity index (χ3v) is 2.18. The molecule has 1 fully saturated rings. The smallest absolute Gasteiger partial charge is 0.246 e. The van der Waals surface area contributed by atoms with Gasteiger partial charge in [0.15, 0.2) is 0 Å². The summed E-state index contributed by atoms with van der Waals surface area (Å²) in [5.41, 5.74) is 0. The summed E-state index contributed by atoms with van der Waals surface area (Å²) in [5, 5.41) is 5.92. The van der Waals surface area contributed by atoms with Crippen LogP contribution in [0.1, 0.15) is 12.8 Å². The van der Waals surface area contributed by atoms with Gasteiger partial charge in [0.25, 0.3) is 0 Å². The van der Waals surface area contributed by atoms with E-state index in [0.717, 1.165) is 25.9 Å². The molecule has 0 saturated carbocycles. The maximum atomic E-state index is 11.1. The first-order chi connectivity index (χ1) is 6.83. The summed E-state index contributed by atoms with van der Waals surface area (Å²) >= 11 is 0. The number of ether oxygens (including phenoxy) is 1. The van der Waals surface area contributed by atoms with Crippen molar-refractivity contribution in [1.82, 2.24) is 10.6 Å². The summed E-state index contributed by atoms with van der Waals surface area (Å²) in [6, 6.07) is 0. The van der Waals surface area contributed by atoms with Gasteiger partial charge < -0.3 is 15.4 Å². The Morgan fingerprint density at radius 2 is 2.29 bits per heavy atom. The second kappa shape index (κ2) is 6.56. The summed E-state index contributed by atoms with van der Waals surface area (Å²) < 4.78 is 5.46. The minimum atomic E-state index is -0.0663. The van der Waals surface area contributed by atoms with Gasteiger partial charge in [-0.15, -0.1) is 6.58 Å². The first-order valence-electron chi connectivity index (χ1n) is 5.03. The second-order valence-electron chi connectivity index (χ2n) is 3.35. The largest absolute Gasteiger partial charge is 0.368 e. The molecule has 1 heterocycles. The van der Waals surface area contributed by atoms with Crippen molar-refractivity contribution in [3.8, 4) is 0 Å². The molecule has 2 N–H and O–H groups in total. The minimum Gasteiger partial charge on any atom is -0.368 e. The lowest BCUT2D eigenvalue weighted by molar-refractivity contribution is -0.128. The second-order valence-corrected chi connectivity index (χ2v) is 3.35. The molecule has 1 aliphatic heterocycles. The van der Waals surface area contributed by atoms with E-state index in [4.69, 9.17) is 4.74 Å². The standard InChI is InChI=1S/C10H18N2O2/c1-2-5-12-10(13)8-14-9-3-6-11-7-4-9/h2,9,11H,1,3-8H2,(H,12,13). The quantitative estimate of drug-likeness (QED) is 0.614. The van der Waals surface area contributed by atoms with E-state index < -0.39 is 0 Å². The molecule has 1 saturated heterocycles. The van der Waals surface area contributed by atoms with Gasteiger partial charge in [0.1, 0.15) is 6.61 Å². The van der Waals surface area contributed by atoms with E-state index in [1.54, 1.807) is 6.08 Å². The van der Waals surface area contributed by atoms with Crippen molar-refractivity contribution in [2.24, 2.45) is 0 Å². The van der Waals surface area contributed by atoms with Gasteiger partial charge in [-0.05, 0) is 25.9 Å². The van der Waals surface area contributed by atoms with Gasteiger partial charge >= 0.3 is 0 Å². The Labute approximate surface area is 84.7 Å². The predicted octanol–water partition coefficient (Wildman–Crippen LogP) is 0.0572. The van der Waals surface area contributed by atoms with Crippen LogP contribution in [-0.4, -0.2) is 38.3 Å². The lowest BCUT2D eigenvalue weighted by Gasteiger charge is -2.22. The number of amides is 1. The lowest BCUT2D eigenvalue weighted by atomic mass is 10.1. The highest BCUT2D eigenvalue weighted by Crippen LogP contribution is 2.06. The highest BCUT2D eigenvalue weighted by Gasteiger charge is 2.14. The van der Waals surface area contributed by atoms with Crippen molar-refractivity contribution in [2.45, 2.75) is 18.9 Å². The molecule has 0 aromatic carbocycles. The Balaban J connectivity index is 2.06. The topological polar surface area (TPSA) is 50.4 Å². The molecular formula is C10H18N2O2. The molecule has 0 aromatic rings. The number of carbonyl (C=O) groups excluding carboxylic acids is 1. The van der Waals surface area contributed by atoms with Crippen LogP contribution in [0.2, 0.25) is 0 Å². The molecule has 0 aliphatic carbocycles. The van der Waals surface area contributed by atoms with Gasteiger partial charge in [0.2, 0.25) is 5.91 Å². The fraction of sp³-hybridized carbons (Fsp3) is 0.700. The van der Waals surface area contributed by atoms with Crippen molar-refractivity contribution in [2.75, 3.05) is 26.2 Å².